The number of piperidine rings is 1. The minimum atomic E-state index is -0.288. The average molecular weight is 347 g/mol. The Kier molecular flexibility index (Phi) is 4.57. The first kappa shape index (κ1) is 16.5. The van der Waals surface area contributed by atoms with Crippen LogP contribution in [0.4, 0.5) is 0 Å². The zero-order valence-corrected chi connectivity index (χ0v) is 14.2. The minimum Gasteiger partial charge on any atom is -0.369 e. The van der Waals surface area contributed by atoms with Crippen molar-refractivity contribution in [1.29, 1.82) is 0 Å². The van der Waals surface area contributed by atoms with Crippen molar-refractivity contribution >= 4 is 23.4 Å². The maximum absolute atomic E-state index is 12.7. The molecule has 0 aliphatic carbocycles. The normalized spacial score (nSPS) is 15.5. The van der Waals surface area contributed by atoms with Gasteiger partial charge in [-0.05, 0) is 25.0 Å². The summed E-state index contributed by atoms with van der Waals surface area (Å²) in [4.78, 5) is 25.7. The Hall–Kier alpha value is -2.34. The summed E-state index contributed by atoms with van der Waals surface area (Å²) in [6, 6.07) is 9.15. The molecule has 0 spiro atoms. The van der Waals surface area contributed by atoms with Crippen molar-refractivity contribution in [2.45, 2.75) is 12.8 Å². The molecular formula is C17H19ClN4O2. The molecule has 0 bridgehead atoms. The van der Waals surface area contributed by atoms with E-state index in [1.807, 2.05) is 18.2 Å². The molecule has 1 fully saturated rings. The number of nitrogens with zero attached hydrogens (tertiary/aromatic N) is 3. The standard InChI is InChI=1S/C17H19ClN4O2/c1-21-15(10-14(20-21)12-4-2-3-5-13(12)18)17(24)22-8-6-11(7-9-22)16(19)23/h2-5,10-11H,6-9H2,1H3,(H2,19,23). The number of nitrogens with two attached hydrogens (primary N) is 1. The van der Waals surface area contributed by atoms with E-state index in [1.54, 1.807) is 28.8 Å². The van der Waals surface area contributed by atoms with Gasteiger partial charge in [-0.25, -0.2) is 0 Å². The third kappa shape index (κ3) is 3.14. The Bertz CT molecular complexity index is 779. The van der Waals surface area contributed by atoms with Gasteiger partial charge in [0.25, 0.3) is 5.91 Å². The third-order valence-electron chi connectivity index (χ3n) is 4.43. The van der Waals surface area contributed by atoms with E-state index in [4.69, 9.17) is 17.3 Å². The van der Waals surface area contributed by atoms with Crippen molar-refractivity contribution in [3.63, 3.8) is 0 Å². The average Bonchev–Trinajstić information content (AvgIpc) is 2.96. The van der Waals surface area contributed by atoms with Gasteiger partial charge in [-0.1, -0.05) is 29.8 Å². The summed E-state index contributed by atoms with van der Waals surface area (Å²) in [7, 11) is 1.74. The van der Waals surface area contributed by atoms with Crippen molar-refractivity contribution in [3.05, 3.63) is 41.0 Å². The summed E-state index contributed by atoms with van der Waals surface area (Å²) in [5, 5.41) is 5.01. The molecule has 1 saturated heterocycles. The largest absolute Gasteiger partial charge is 0.369 e. The van der Waals surface area contributed by atoms with Gasteiger partial charge in [0.15, 0.2) is 0 Å². The molecule has 6 nitrogen and oxygen atoms in total. The van der Waals surface area contributed by atoms with E-state index in [-0.39, 0.29) is 17.7 Å². The Morgan fingerprint density at radius 3 is 2.54 bits per heavy atom. The number of carbonyl (C=O) groups excluding carboxylic acids is 2. The topological polar surface area (TPSA) is 81.2 Å². The van der Waals surface area contributed by atoms with Gasteiger partial charge in [0, 0.05) is 31.6 Å². The summed E-state index contributed by atoms with van der Waals surface area (Å²) < 4.78 is 1.57. The van der Waals surface area contributed by atoms with Crippen LogP contribution in [-0.4, -0.2) is 39.6 Å². The van der Waals surface area contributed by atoms with Crippen LogP contribution in [0.2, 0.25) is 5.02 Å². The molecule has 3 rings (SSSR count). The molecule has 24 heavy (non-hydrogen) atoms. The van der Waals surface area contributed by atoms with E-state index in [2.05, 4.69) is 5.10 Å². The van der Waals surface area contributed by atoms with Gasteiger partial charge in [0.1, 0.15) is 5.69 Å². The second-order valence-corrected chi connectivity index (χ2v) is 6.39. The van der Waals surface area contributed by atoms with Crippen molar-refractivity contribution in [2.75, 3.05) is 13.1 Å². The molecule has 0 radical (unpaired) electrons. The number of benzene rings is 1. The van der Waals surface area contributed by atoms with Crippen LogP contribution in [-0.2, 0) is 11.8 Å². The van der Waals surface area contributed by atoms with Gasteiger partial charge >= 0.3 is 0 Å². The highest BCUT2D eigenvalue weighted by Crippen LogP contribution is 2.27. The molecular weight excluding hydrogens is 328 g/mol. The van der Waals surface area contributed by atoms with Crippen LogP contribution in [0.5, 0.6) is 0 Å². The van der Waals surface area contributed by atoms with Gasteiger partial charge in [-0.3, -0.25) is 14.3 Å². The lowest BCUT2D eigenvalue weighted by molar-refractivity contribution is -0.123. The maximum atomic E-state index is 12.7. The fourth-order valence-corrected chi connectivity index (χ4v) is 3.23. The van der Waals surface area contributed by atoms with Crippen LogP contribution < -0.4 is 5.73 Å². The molecule has 1 aliphatic heterocycles. The zero-order chi connectivity index (χ0) is 17.3. The van der Waals surface area contributed by atoms with Crippen molar-refractivity contribution in [2.24, 2.45) is 18.7 Å². The molecule has 0 saturated carbocycles. The summed E-state index contributed by atoms with van der Waals surface area (Å²) >= 11 is 6.21. The van der Waals surface area contributed by atoms with E-state index >= 15 is 0 Å². The first-order valence-corrected chi connectivity index (χ1v) is 8.22. The first-order chi connectivity index (χ1) is 11.5. The van der Waals surface area contributed by atoms with Gasteiger partial charge in [0.05, 0.1) is 10.7 Å². The van der Waals surface area contributed by atoms with Crippen LogP contribution >= 0.6 is 11.6 Å². The van der Waals surface area contributed by atoms with Crippen LogP contribution in [0.25, 0.3) is 11.3 Å². The predicted molar refractivity (Wildman–Crippen MR) is 91.5 cm³/mol. The number of carbonyl (C=O) groups is 2. The number of hydrogen-bond donors (Lipinski definition) is 1. The van der Waals surface area contributed by atoms with Gasteiger partial charge in [-0.2, -0.15) is 5.10 Å². The van der Waals surface area contributed by atoms with Crippen molar-refractivity contribution < 1.29 is 9.59 Å². The van der Waals surface area contributed by atoms with E-state index in [9.17, 15) is 9.59 Å². The monoisotopic (exact) mass is 346 g/mol. The molecule has 1 aromatic heterocycles. The number of aromatic nitrogens is 2. The molecule has 2 aromatic rings. The van der Waals surface area contributed by atoms with Crippen LogP contribution in [0.15, 0.2) is 30.3 Å². The Labute approximate surface area is 145 Å². The van der Waals surface area contributed by atoms with Crippen LogP contribution in [0.3, 0.4) is 0 Å². The number of primary amides is 1. The molecule has 0 unspecified atom stereocenters. The van der Waals surface area contributed by atoms with Gasteiger partial charge in [-0.15, -0.1) is 0 Å². The molecule has 126 valence electrons. The summed E-state index contributed by atoms with van der Waals surface area (Å²) in [5.41, 5.74) is 7.30. The number of amides is 2. The van der Waals surface area contributed by atoms with E-state index in [0.29, 0.717) is 42.3 Å². The van der Waals surface area contributed by atoms with Crippen molar-refractivity contribution in [1.82, 2.24) is 14.7 Å². The fourth-order valence-electron chi connectivity index (χ4n) is 3.00. The lowest BCUT2D eigenvalue weighted by Gasteiger charge is -2.30. The van der Waals surface area contributed by atoms with E-state index < -0.39 is 0 Å². The quantitative estimate of drug-likeness (QED) is 0.923. The lowest BCUT2D eigenvalue weighted by Crippen LogP contribution is -2.42. The molecule has 0 atom stereocenters. The third-order valence-corrected chi connectivity index (χ3v) is 4.76. The molecule has 1 aliphatic rings. The van der Waals surface area contributed by atoms with E-state index in [0.717, 1.165) is 5.56 Å². The number of hydrogen-bond acceptors (Lipinski definition) is 3. The van der Waals surface area contributed by atoms with Gasteiger partial charge < -0.3 is 10.6 Å². The summed E-state index contributed by atoms with van der Waals surface area (Å²) in [6.07, 6.45) is 1.21. The molecule has 7 heteroatoms. The molecule has 2 heterocycles. The molecule has 1 aromatic carbocycles. The van der Waals surface area contributed by atoms with Crippen LogP contribution in [0.1, 0.15) is 23.3 Å². The van der Waals surface area contributed by atoms with Crippen molar-refractivity contribution in [3.8, 4) is 11.3 Å². The number of likely N-dealkylation sites (tertiary alicyclic amines) is 1. The maximum Gasteiger partial charge on any atom is 0.272 e. The predicted octanol–water partition coefficient (Wildman–Crippen LogP) is 2.08. The number of halogens is 1. The Morgan fingerprint density at radius 1 is 1.25 bits per heavy atom. The minimum absolute atomic E-state index is 0.0915. The summed E-state index contributed by atoms with van der Waals surface area (Å²) in [6.45, 7) is 1.05. The Morgan fingerprint density at radius 2 is 1.92 bits per heavy atom. The van der Waals surface area contributed by atoms with Gasteiger partial charge in [0.2, 0.25) is 5.91 Å². The second-order valence-electron chi connectivity index (χ2n) is 5.99. The zero-order valence-electron chi connectivity index (χ0n) is 13.4. The molecule has 2 N–H and O–H groups in total. The SMILES string of the molecule is Cn1nc(-c2ccccc2Cl)cc1C(=O)N1CCC(C(N)=O)CC1. The molecule has 2 amide bonds. The highest BCUT2D eigenvalue weighted by Gasteiger charge is 2.28. The first-order valence-electron chi connectivity index (χ1n) is 7.85. The number of aryl methyl sites for hydroxylation is 1. The summed E-state index contributed by atoms with van der Waals surface area (Å²) in [5.74, 6) is -0.519. The highest BCUT2D eigenvalue weighted by atomic mass is 35.5. The second kappa shape index (κ2) is 6.65. The lowest BCUT2D eigenvalue weighted by atomic mass is 9.96. The fraction of sp³-hybridized carbons (Fsp3) is 0.353. The number of rotatable bonds is 3. The Balaban J connectivity index is 1.80. The van der Waals surface area contributed by atoms with Crippen LogP contribution in [0, 0.1) is 5.92 Å². The smallest absolute Gasteiger partial charge is 0.272 e. The van der Waals surface area contributed by atoms with E-state index in [1.165, 1.54) is 0 Å². The highest BCUT2D eigenvalue weighted by molar-refractivity contribution is 6.33.